The highest BCUT2D eigenvalue weighted by Crippen LogP contribution is 2.42. The van der Waals surface area contributed by atoms with E-state index < -0.39 is 31.6 Å². The van der Waals surface area contributed by atoms with E-state index >= 15 is 0 Å². The van der Waals surface area contributed by atoms with Crippen LogP contribution in [0.5, 0.6) is 0 Å². The van der Waals surface area contributed by atoms with Crippen LogP contribution in [0.1, 0.15) is 27.2 Å². The number of carbonyl (C=O) groups excluding carboxylic acids is 2. The van der Waals surface area contributed by atoms with E-state index in [-0.39, 0.29) is 22.7 Å². The summed E-state index contributed by atoms with van der Waals surface area (Å²) in [5.74, 6) is 9.61. The average molecular weight is 357 g/mol. The second-order valence-electron chi connectivity index (χ2n) is 7.74. The standard InChI is InChI=1S/C19H23NO4Si/c1-18(2,3)25(4,5)24-19-11-9-7-6-8-10-13(21)15(17(19)23)16(20)14(22)12-19/h6-7,13,21H,12,20H2,1-5H3/b7-6-/t13-,19-/m0/s1. The van der Waals surface area contributed by atoms with Gasteiger partial charge in [0.1, 0.15) is 6.10 Å². The lowest BCUT2D eigenvalue weighted by Crippen LogP contribution is -2.57. The number of aliphatic hydroxyl groups excluding tert-OH is 1. The molecule has 0 aromatic heterocycles. The summed E-state index contributed by atoms with van der Waals surface area (Å²) < 4.78 is 6.32. The predicted octanol–water partition coefficient (Wildman–Crippen LogP) is 1.44. The summed E-state index contributed by atoms with van der Waals surface area (Å²) in [6.45, 7) is 10.1. The molecule has 2 aliphatic carbocycles. The summed E-state index contributed by atoms with van der Waals surface area (Å²) in [7, 11) is -2.45. The fourth-order valence-electron chi connectivity index (χ4n) is 2.40. The van der Waals surface area contributed by atoms with Gasteiger partial charge in [0.25, 0.3) is 0 Å². The first-order valence-electron chi connectivity index (χ1n) is 8.06. The molecule has 0 spiro atoms. The van der Waals surface area contributed by atoms with E-state index in [1.165, 1.54) is 12.2 Å². The number of fused-ring (bicyclic) bond motifs is 2. The Hall–Kier alpha value is -2.12. The average Bonchev–Trinajstić information content (AvgIpc) is 2.46. The maximum atomic E-state index is 13.2. The van der Waals surface area contributed by atoms with Gasteiger partial charge in [0, 0.05) is 0 Å². The highest BCUT2D eigenvalue weighted by molar-refractivity contribution is 6.74. The van der Waals surface area contributed by atoms with Gasteiger partial charge < -0.3 is 15.3 Å². The second-order valence-corrected chi connectivity index (χ2v) is 12.5. The van der Waals surface area contributed by atoms with Crippen molar-refractivity contribution in [2.45, 2.75) is 57.0 Å². The third-order valence-corrected chi connectivity index (χ3v) is 9.34. The number of rotatable bonds is 2. The SMILES string of the molecule is CC(C)(C)[Si](C)(C)O[C@@]12C#C/C=C\C#C[C@H](O)C(=C(N)C(=O)C1)C2=O. The lowest BCUT2D eigenvalue weighted by Gasteiger charge is -2.44. The van der Waals surface area contributed by atoms with Crippen LogP contribution < -0.4 is 5.73 Å². The van der Waals surface area contributed by atoms with Gasteiger partial charge in [-0.25, -0.2) is 0 Å². The van der Waals surface area contributed by atoms with Crippen LogP contribution in [0.2, 0.25) is 18.1 Å². The highest BCUT2D eigenvalue weighted by atomic mass is 28.4. The summed E-state index contributed by atoms with van der Waals surface area (Å²) in [5.41, 5.74) is 3.69. The zero-order valence-electron chi connectivity index (χ0n) is 15.2. The smallest absolute Gasteiger partial charge is 0.208 e. The summed E-state index contributed by atoms with van der Waals surface area (Å²) >= 11 is 0. The lowest BCUT2D eigenvalue weighted by molar-refractivity contribution is -0.135. The Morgan fingerprint density at radius 3 is 2.48 bits per heavy atom. The number of hydrogen-bond donors (Lipinski definition) is 2. The number of aliphatic hydroxyl groups is 1. The number of allylic oxidation sites excluding steroid dienone is 3. The van der Waals surface area contributed by atoms with Crippen LogP contribution in [-0.4, -0.2) is 36.7 Å². The first kappa shape index (κ1) is 19.2. The zero-order chi connectivity index (χ0) is 19.0. The van der Waals surface area contributed by atoms with E-state index in [0.717, 1.165) is 0 Å². The van der Waals surface area contributed by atoms with Gasteiger partial charge >= 0.3 is 0 Å². The van der Waals surface area contributed by atoms with Crippen molar-refractivity contribution in [2.75, 3.05) is 0 Å². The van der Waals surface area contributed by atoms with Crippen molar-refractivity contribution in [1.29, 1.82) is 0 Å². The first-order valence-corrected chi connectivity index (χ1v) is 11.0. The molecule has 2 aliphatic rings. The molecule has 0 fully saturated rings. The van der Waals surface area contributed by atoms with Crippen molar-refractivity contribution in [3.05, 3.63) is 23.4 Å². The number of nitrogens with two attached hydrogens (primary N) is 1. The van der Waals surface area contributed by atoms with E-state index in [1.54, 1.807) is 0 Å². The minimum atomic E-state index is -2.45. The van der Waals surface area contributed by atoms with Crippen molar-refractivity contribution in [3.63, 3.8) is 0 Å². The quantitative estimate of drug-likeness (QED) is 0.576. The van der Waals surface area contributed by atoms with E-state index in [0.29, 0.717) is 0 Å². The molecule has 5 nitrogen and oxygen atoms in total. The molecule has 0 amide bonds. The maximum absolute atomic E-state index is 13.2. The van der Waals surface area contributed by atoms with Gasteiger partial charge in [0.2, 0.25) is 5.78 Å². The van der Waals surface area contributed by atoms with E-state index in [2.05, 4.69) is 23.7 Å². The molecule has 2 rings (SSSR count). The van der Waals surface area contributed by atoms with Gasteiger partial charge in [0.15, 0.2) is 19.7 Å². The molecule has 0 unspecified atom stereocenters. The lowest BCUT2D eigenvalue weighted by atomic mass is 9.79. The van der Waals surface area contributed by atoms with Crippen LogP contribution >= 0.6 is 0 Å². The van der Waals surface area contributed by atoms with Gasteiger partial charge in [-0.05, 0) is 30.3 Å². The number of hydrogen-bond acceptors (Lipinski definition) is 5. The highest BCUT2D eigenvalue weighted by Gasteiger charge is 2.53. The molecule has 0 aromatic rings. The molecule has 0 aromatic carbocycles. The van der Waals surface area contributed by atoms with E-state index in [1.807, 2.05) is 33.9 Å². The fraction of sp³-hybridized carbons (Fsp3) is 0.474. The van der Waals surface area contributed by atoms with Crippen molar-refractivity contribution < 1.29 is 19.1 Å². The molecule has 2 bridgehead atoms. The normalized spacial score (nSPS) is 27.8. The minimum Gasteiger partial charge on any atom is -0.395 e. The van der Waals surface area contributed by atoms with Crippen LogP contribution in [-0.2, 0) is 14.0 Å². The van der Waals surface area contributed by atoms with Crippen LogP contribution in [0.25, 0.3) is 0 Å². The van der Waals surface area contributed by atoms with Gasteiger partial charge in [0.05, 0.1) is 17.7 Å². The van der Waals surface area contributed by atoms with Gasteiger partial charge in [-0.15, -0.1) is 0 Å². The topological polar surface area (TPSA) is 89.6 Å². The molecule has 132 valence electrons. The van der Waals surface area contributed by atoms with Crippen LogP contribution in [0.4, 0.5) is 0 Å². The Bertz CT molecular complexity index is 808. The second kappa shape index (κ2) is 6.31. The number of ketones is 2. The zero-order valence-corrected chi connectivity index (χ0v) is 16.2. The summed E-state index contributed by atoms with van der Waals surface area (Å²) in [5, 5.41) is 10.1. The minimum absolute atomic E-state index is 0.191. The Morgan fingerprint density at radius 2 is 1.88 bits per heavy atom. The van der Waals surface area contributed by atoms with Crippen LogP contribution in [0, 0.1) is 23.7 Å². The third kappa shape index (κ3) is 3.47. The Balaban J connectivity index is 2.68. The first-order chi connectivity index (χ1) is 11.4. The van der Waals surface area contributed by atoms with E-state index in [4.69, 9.17) is 10.2 Å². The third-order valence-electron chi connectivity index (χ3n) is 4.86. The molecule has 6 heteroatoms. The van der Waals surface area contributed by atoms with Gasteiger partial charge in [-0.2, -0.15) is 0 Å². The molecule has 0 radical (unpaired) electrons. The molecule has 25 heavy (non-hydrogen) atoms. The molecule has 0 aliphatic heterocycles. The molecule has 3 N–H and O–H groups in total. The van der Waals surface area contributed by atoms with Crippen molar-refractivity contribution in [1.82, 2.24) is 0 Å². The largest absolute Gasteiger partial charge is 0.395 e. The van der Waals surface area contributed by atoms with Gasteiger partial charge in [-0.1, -0.05) is 44.5 Å². The summed E-state index contributed by atoms with van der Waals surface area (Å²) in [6, 6.07) is 0. The fourth-order valence-corrected chi connectivity index (χ4v) is 3.79. The molecule has 0 saturated heterocycles. The molecule has 0 heterocycles. The summed E-state index contributed by atoms with van der Waals surface area (Å²) in [6.07, 6.45) is 1.24. The maximum Gasteiger partial charge on any atom is 0.208 e. The van der Waals surface area contributed by atoms with Crippen molar-refractivity contribution >= 4 is 19.9 Å². The van der Waals surface area contributed by atoms with Crippen molar-refractivity contribution in [2.24, 2.45) is 5.73 Å². The van der Waals surface area contributed by atoms with Gasteiger partial charge in [-0.3, -0.25) is 9.59 Å². The molecular weight excluding hydrogens is 334 g/mol. The Kier molecular flexibility index (Phi) is 4.85. The van der Waals surface area contributed by atoms with Crippen LogP contribution in [0.15, 0.2) is 23.4 Å². The number of carbonyl (C=O) groups is 2. The Morgan fingerprint density at radius 1 is 1.28 bits per heavy atom. The van der Waals surface area contributed by atoms with E-state index in [9.17, 15) is 14.7 Å². The van der Waals surface area contributed by atoms with Crippen molar-refractivity contribution in [3.8, 4) is 23.7 Å². The molecule has 0 saturated carbocycles. The van der Waals surface area contributed by atoms with Crippen LogP contribution in [0.3, 0.4) is 0 Å². The monoisotopic (exact) mass is 357 g/mol. The number of Topliss-reactive ketones (excluding diaryl/α,β-unsaturated/α-hetero) is 2. The molecule has 2 atom stereocenters. The Labute approximate surface area is 149 Å². The predicted molar refractivity (Wildman–Crippen MR) is 97.6 cm³/mol. The summed E-state index contributed by atoms with van der Waals surface area (Å²) in [4.78, 5) is 25.6. The molecular formula is C19H23NO4Si.